The van der Waals surface area contributed by atoms with E-state index in [-0.39, 0.29) is 19.0 Å². The Hall–Kier alpha value is -2.66. The van der Waals surface area contributed by atoms with Crippen LogP contribution < -0.4 is 4.74 Å². The highest BCUT2D eigenvalue weighted by Gasteiger charge is 2.11. The van der Waals surface area contributed by atoms with Crippen molar-refractivity contribution in [1.82, 2.24) is 0 Å². The van der Waals surface area contributed by atoms with E-state index in [2.05, 4.69) is 15.9 Å². The highest BCUT2D eigenvalue weighted by molar-refractivity contribution is 9.10. The standard InChI is InChI=1S/C20H15BrO4/c21-16-10-8-15(9-11-16)18(22)12-25-20(23)13-24-19-7-3-5-14-4-1-2-6-17(14)19/h1-11H,12-13H2. The molecule has 0 amide bonds. The van der Waals surface area contributed by atoms with Crippen LogP contribution in [0.1, 0.15) is 10.4 Å². The van der Waals surface area contributed by atoms with Gasteiger partial charge in [0.15, 0.2) is 19.0 Å². The molecule has 0 N–H and O–H groups in total. The first-order valence-electron chi connectivity index (χ1n) is 7.68. The van der Waals surface area contributed by atoms with Crippen LogP contribution in [0.4, 0.5) is 0 Å². The lowest BCUT2D eigenvalue weighted by Gasteiger charge is -2.09. The second-order valence-corrected chi connectivity index (χ2v) is 6.27. The Balaban J connectivity index is 1.54. The van der Waals surface area contributed by atoms with E-state index in [1.807, 2.05) is 36.4 Å². The minimum absolute atomic E-state index is 0.248. The van der Waals surface area contributed by atoms with Crippen LogP contribution in [0.3, 0.4) is 0 Å². The Bertz CT molecular complexity index is 898. The van der Waals surface area contributed by atoms with E-state index in [1.54, 1.807) is 30.3 Å². The molecule has 4 nitrogen and oxygen atoms in total. The highest BCUT2D eigenvalue weighted by Crippen LogP contribution is 2.25. The summed E-state index contributed by atoms with van der Waals surface area (Å²) in [5.74, 6) is -0.237. The van der Waals surface area contributed by atoms with Gasteiger partial charge in [0.05, 0.1) is 0 Å². The van der Waals surface area contributed by atoms with Gasteiger partial charge in [-0.2, -0.15) is 0 Å². The second-order valence-electron chi connectivity index (χ2n) is 5.36. The van der Waals surface area contributed by atoms with Crippen LogP contribution in [0.25, 0.3) is 10.8 Å². The summed E-state index contributed by atoms with van der Waals surface area (Å²) in [6, 6.07) is 20.2. The van der Waals surface area contributed by atoms with Gasteiger partial charge in [-0.1, -0.05) is 64.5 Å². The third-order valence-electron chi connectivity index (χ3n) is 3.63. The number of carbonyl (C=O) groups is 2. The molecular formula is C20H15BrO4. The van der Waals surface area contributed by atoms with Crippen molar-refractivity contribution in [3.63, 3.8) is 0 Å². The van der Waals surface area contributed by atoms with Crippen molar-refractivity contribution in [2.75, 3.05) is 13.2 Å². The molecule has 0 saturated heterocycles. The van der Waals surface area contributed by atoms with Crippen LogP contribution in [0.2, 0.25) is 0 Å². The van der Waals surface area contributed by atoms with Gasteiger partial charge in [0.1, 0.15) is 5.75 Å². The lowest BCUT2D eigenvalue weighted by molar-refractivity contribution is -0.144. The van der Waals surface area contributed by atoms with Crippen LogP contribution in [0, 0.1) is 0 Å². The molecule has 0 spiro atoms. The molecule has 0 unspecified atom stereocenters. The summed E-state index contributed by atoms with van der Waals surface area (Å²) in [5.41, 5.74) is 0.492. The highest BCUT2D eigenvalue weighted by atomic mass is 79.9. The molecule has 0 heterocycles. The molecule has 126 valence electrons. The molecule has 0 aromatic heterocycles. The van der Waals surface area contributed by atoms with E-state index in [1.165, 1.54) is 0 Å². The van der Waals surface area contributed by atoms with Crippen molar-refractivity contribution in [3.8, 4) is 5.75 Å². The fourth-order valence-corrected chi connectivity index (χ4v) is 2.63. The van der Waals surface area contributed by atoms with Crippen molar-refractivity contribution in [2.24, 2.45) is 0 Å². The number of ketones is 1. The van der Waals surface area contributed by atoms with Crippen molar-refractivity contribution < 1.29 is 19.1 Å². The summed E-state index contributed by atoms with van der Waals surface area (Å²) in [4.78, 5) is 23.8. The largest absolute Gasteiger partial charge is 0.481 e. The van der Waals surface area contributed by atoms with Gasteiger partial charge in [-0.25, -0.2) is 4.79 Å². The minimum atomic E-state index is -0.585. The molecule has 5 heteroatoms. The monoisotopic (exact) mass is 398 g/mol. The summed E-state index contributed by atoms with van der Waals surface area (Å²) < 4.78 is 11.4. The first-order chi connectivity index (χ1) is 12.1. The van der Waals surface area contributed by atoms with E-state index in [0.717, 1.165) is 15.2 Å². The van der Waals surface area contributed by atoms with E-state index < -0.39 is 5.97 Å². The average molecular weight is 399 g/mol. The summed E-state index contributed by atoms with van der Waals surface area (Å²) in [7, 11) is 0. The zero-order valence-electron chi connectivity index (χ0n) is 13.3. The van der Waals surface area contributed by atoms with Crippen molar-refractivity contribution in [2.45, 2.75) is 0 Å². The summed E-state index contributed by atoms with van der Waals surface area (Å²) in [5, 5.41) is 1.95. The number of Topliss-reactive ketones (excluding diaryl/α,β-unsaturated/α-hetero) is 1. The van der Waals surface area contributed by atoms with Crippen LogP contribution in [-0.2, 0) is 9.53 Å². The lowest BCUT2D eigenvalue weighted by atomic mass is 10.1. The molecule has 0 aliphatic rings. The molecule has 3 aromatic rings. The van der Waals surface area contributed by atoms with E-state index >= 15 is 0 Å². The van der Waals surface area contributed by atoms with Gasteiger partial charge >= 0.3 is 5.97 Å². The van der Waals surface area contributed by atoms with E-state index in [9.17, 15) is 9.59 Å². The molecule has 3 aromatic carbocycles. The molecule has 0 radical (unpaired) electrons. The Morgan fingerprint density at radius 2 is 1.56 bits per heavy atom. The smallest absolute Gasteiger partial charge is 0.344 e. The minimum Gasteiger partial charge on any atom is -0.481 e. The zero-order chi connectivity index (χ0) is 17.6. The van der Waals surface area contributed by atoms with Crippen LogP contribution in [0.15, 0.2) is 71.2 Å². The van der Waals surface area contributed by atoms with Gasteiger partial charge in [-0.05, 0) is 23.6 Å². The molecule has 3 rings (SSSR count). The number of hydrogen-bond donors (Lipinski definition) is 0. The maximum atomic E-state index is 12.0. The number of benzene rings is 3. The Labute approximate surface area is 153 Å². The molecule has 0 aliphatic carbocycles. The molecular weight excluding hydrogens is 384 g/mol. The number of hydrogen-bond acceptors (Lipinski definition) is 4. The van der Waals surface area contributed by atoms with Crippen LogP contribution in [0.5, 0.6) is 5.75 Å². The molecule has 25 heavy (non-hydrogen) atoms. The average Bonchev–Trinajstić information content (AvgIpc) is 2.65. The molecule has 0 fully saturated rings. The second kappa shape index (κ2) is 7.94. The van der Waals surface area contributed by atoms with Crippen molar-refractivity contribution in [1.29, 1.82) is 0 Å². The molecule has 0 bridgehead atoms. The Kier molecular flexibility index (Phi) is 5.46. The topological polar surface area (TPSA) is 52.6 Å². The first kappa shape index (κ1) is 17.2. The summed E-state index contributed by atoms with van der Waals surface area (Å²) in [6.07, 6.45) is 0. The summed E-state index contributed by atoms with van der Waals surface area (Å²) in [6.45, 7) is -0.555. The van der Waals surface area contributed by atoms with Gasteiger partial charge in [-0.3, -0.25) is 4.79 Å². The van der Waals surface area contributed by atoms with Gasteiger partial charge < -0.3 is 9.47 Å². The third-order valence-corrected chi connectivity index (χ3v) is 4.15. The van der Waals surface area contributed by atoms with Gasteiger partial charge in [0, 0.05) is 15.4 Å². The first-order valence-corrected chi connectivity index (χ1v) is 8.48. The predicted octanol–water partition coefficient (Wildman–Crippen LogP) is 4.41. The number of ether oxygens (including phenoxy) is 2. The number of carbonyl (C=O) groups excluding carboxylic acids is 2. The van der Waals surface area contributed by atoms with Crippen molar-refractivity contribution in [3.05, 3.63) is 76.8 Å². The number of halogens is 1. The Morgan fingerprint density at radius 1 is 0.840 bits per heavy atom. The number of esters is 1. The number of fused-ring (bicyclic) bond motifs is 1. The van der Waals surface area contributed by atoms with E-state index in [0.29, 0.717) is 11.3 Å². The van der Waals surface area contributed by atoms with Crippen molar-refractivity contribution >= 4 is 38.5 Å². The SMILES string of the molecule is O=C(COc1cccc2ccccc12)OCC(=O)c1ccc(Br)cc1. The maximum Gasteiger partial charge on any atom is 0.344 e. The van der Waals surface area contributed by atoms with Gasteiger partial charge in [-0.15, -0.1) is 0 Å². The Morgan fingerprint density at radius 3 is 2.36 bits per heavy atom. The fraction of sp³-hybridized carbons (Fsp3) is 0.100. The normalized spacial score (nSPS) is 10.4. The molecule has 0 aliphatic heterocycles. The molecule has 0 atom stereocenters. The number of rotatable bonds is 6. The lowest BCUT2D eigenvalue weighted by Crippen LogP contribution is -2.19. The van der Waals surface area contributed by atoms with Crippen LogP contribution in [-0.4, -0.2) is 25.0 Å². The van der Waals surface area contributed by atoms with Gasteiger partial charge in [0.25, 0.3) is 0 Å². The zero-order valence-corrected chi connectivity index (χ0v) is 14.9. The van der Waals surface area contributed by atoms with Crippen LogP contribution >= 0.6 is 15.9 Å². The van der Waals surface area contributed by atoms with E-state index in [4.69, 9.17) is 9.47 Å². The third kappa shape index (κ3) is 4.45. The summed E-state index contributed by atoms with van der Waals surface area (Å²) >= 11 is 3.30. The predicted molar refractivity (Wildman–Crippen MR) is 98.9 cm³/mol. The molecule has 0 saturated carbocycles. The van der Waals surface area contributed by atoms with Gasteiger partial charge in [0.2, 0.25) is 0 Å². The fourth-order valence-electron chi connectivity index (χ4n) is 2.37. The maximum absolute atomic E-state index is 12.0. The quantitative estimate of drug-likeness (QED) is 0.455.